The predicted molar refractivity (Wildman–Crippen MR) is 62.5 cm³/mol. The molecule has 1 heterocycles. The summed E-state index contributed by atoms with van der Waals surface area (Å²) >= 11 is -3.55. The number of nitrogens with zero attached hydrogens (tertiary/aromatic N) is 1. The lowest BCUT2D eigenvalue weighted by Gasteiger charge is -2.33. The summed E-state index contributed by atoms with van der Waals surface area (Å²) in [5, 5.41) is 0. The highest BCUT2D eigenvalue weighted by atomic mass is 32.3. The Balaban J connectivity index is 2.79. The number of ether oxygens (including phenoxy) is 2. The lowest BCUT2D eigenvalue weighted by Crippen LogP contribution is -2.43. The first-order valence-corrected chi connectivity index (χ1v) is 6.54. The molecule has 17 heavy (non-hydrogen) atoms. The second-order valence-electron chi connectivity index (χ2n) is 4.67. The van der Waals surface area contributed by atoms with Crippen molar-refractivity contribution in [3.8, 4) is 0 Å². The Bertz CT molecular complexity index is 290. The fourth-order valence-electron chi connectivity index (χ4n) is 1.35. The lowest BCUT2D eigenvalue weighted by molar-refractivity contribution is 0.0282. The first-order valence-electron chi connectivity index (χ1n) is 5.11. The van der Waals surface area contributed by atoms with E-state index in [1.165, 1.54) is 7.11 Å². The highest BCUT2D eigenvalue weighted by Gasteiger charge is 2.47. The van der Waals surface area contributed by atoms with Gasteiger partial charge in [-0.1, -0.05) is 0 Å². The molecular formula is C9H19NO6S. The second-order valence-corrected chi connectivity index (χ2v) is 6.23. The number of carbonyl (C=O) groups excluding carboxylic acids is 1. The van der Waals surface area contributed by atoms with Crippen LogP contribution in [0.25, 0.3) is 0 Å². The number of hydrogen-bond donors (Lipinski definition) is 2. The third-order valence-corrected chi connectivity index (χ3v) is 3.35. The van der Waals surface area contributed by atoms with Crippen LogP contribution in [0.4, 0.5) is 4.79 Å². The number of rotatable bonds is 2. The van der Waals surface area contributed by atoms with E-state index in [4.69, 9.17) is 13.7 Å². The van der Waals surface area contributed by atoms with Gasteiger partial charge >= 0.3 is 6.09 Å². The first-order chi connectivity index (χ1) is 7.67. The van der Waals surface area contributed by atoms with Crippen LogP contribution in [0.5, 0.6) is 0 Å². The molecule has 1 aliphatic rings. The van der Waals surface area contributed by atoms with Crippen molar-refractivity contribution in [3.63, 3.8) is 0 Å². The molecule has 1 aliphatic heterocycles. The summed E-state index contributed by atoms with van der Waals surface area (Å²) in [6.45, 7) is 5.24. The summed E-state index contributed by atoms with van der Waals surface area (Å²) < 4.78 is 34.8. The van der Waals surface area contributed by atoms with E-state index in [0.717, 1.165) is 4.31 Å². The summed E-state index contributed by atoms with van der Waals surface area (Å²) in [4.78, 5) is 11.8. The van der Waals surface area contributed by atoms with Gasteiger partial charge in [0.1, 0.15) is 5.60 Å². The van der Waals surface area contributed by atoms with Crippen LogP contribution in [0, 0.1) is 0 Å². The fraction of sp³-hybridized carbons (Fsp3) is 0.889. The molecule has 1 atom stereocenters. The Morgan fingerprint density at radius 2 is 2.12 bits per heavy atom. The van der Waals surface area contributed by atoms with Gasteiger partial charge in [0.05, 0.1) is 19.3 Å². The molecule has 0 unspecified atom stereocenters. The molecule has 0 aromatic heterocycles. The van der Waals surface area contributed by atoms with Crippen LogP contribution in [0.2, 0.25) is 0 Å². The zero-order chi connectivity index (χ0) is 13.3. The van der Waals surface area contributed by atoms with E-state index in [9.17, 15) is 13.9 Å². The van der Waals surface area contributed by atoms with Crippen molar-refractivity contribution in [2.45, 2.75) is 32.4 Å². The summed E-state index contributed by atoms with van der Waals surface area (Å²) in [5.74, 6) is 0. The molecule has 1 amide bonds. The smallest absolute Gasteiger partial charge is 0.424 e. The first kappa shape index (κ1) is 14.5. The minimum atomic E-state index is -3.55. The summed E-state index contributed by atoms with van der Waals surface area (Å²) in [6, 6.07) is -0.556. The van der Waals surface area contributed by atoms with Crippen molar-refractivity contribution in [1.29, 1.82) is 0 Å². The van der Waals surface area contributed by atoms with Crippen LogP contribution < -0.4 is 0 Å². The van der Waals surface area contributed by atoms with Crippen LogP contribution in [-0.4, -0.2) is 51.5 Å². The molecule has 0 aromatic rings. The normalized spacial score (nSPS) is 25.8. The van der Waals surface area contributed by atoms with Gasteiger partial charge in [-0.25, -0.2) is 4.79 Å². The van der Waals surface area contributed by atoms with Crippen LogP contribution in [0.3, 0.4) is 0 Å². The standard InChI is InChI=1S/C9H19NO6S/c1-9(2,3)16-8(11)10-7(5-14-4)6-15-17(10,12)13/h7,12-13H,5-6H2,1-4H3/t7-/m1/s1. The molecule has 2 N–H and O–H groups in total. The molecule has 1 rings (SSSR count). The van der Waals surface area contributed by atoms with Crippen molar-refractivity contribution in [3.05, 3.63) is 0 Å². The molecule has 0 spiro atoms. The third kappa shape index (κ3) is 3.71. The van der Waals surface area contributed by atoms with Crippen LogP contribution in [-0.2, 0) is 13.7 Å². The highest BCUT2D eigenvalue weighted by Crippen LogP contribution is 2.51. The topological polar surface area (TPSA) is 88.5 Å². The minimum Gasteiger partial charge on any atom is -0.443 e. The zero-order valence-corrected chi connectivity index (χ0v) is 11.2. The van der Waals surface area contributed by atoms with Gasteiger partial charge in [-0.2, -0.15) is 4.31 Å². The van der Waals surface area contributed by atoms with Gasteiger partial charge in [0.15, 0.2) is 11.1 Å². The van der Waals surface area contributed by atoms with Crippen molar-refractivity contribution < 1.29 is 27.6 Å². The van der Waals surface area contributed by atoms with Gasteiger partial charge in [0.2, 0.25) is 0 Å². The van der Waals surface area contributed by atoms with Crippen molar-refractivity contribution in [2.24, 2.45) is 0 Å². The molecule has 1 saturated heterocycles. The Morgan fingerprint density at radius 3 is 2.59 bits per heavy atom. The number of methoxy groups -OCH3 is 1. The van der Waals surface area contributed by atoms with Crippen LogP contribution >= 0.6 is 11.1 Å². The second kappa shape index (κ2) is 4.99. The average Bonchev–Trinajstić information content (AvgIpc) is 2.39. The maximum atomic E-state index is 11.8. The SMILES string of the molecule is COC[C@@H]1COS(O)(O)N1C(=O)OC(C)(C)C. The molecule has 0 radical (unpaired) electrons. The molecule has 0 aromatic carbocycles. The Kier molecular flexibility index (Phi) is 4.26. The van der Waals surface area contributed by atoms with E-state index < -0.39 is 28.8 Å². The van der Waals surface area contributed by atoms with Gasteiger partial charge in [0, 0.05) is 7.11 Å². The lowest BCUT2D eigenvalue weighted by atomic mass is 10.2. The molecule has 0 bridgehead atoms. The summed E-state index contributed by atoms with van der Waals surface area (Å²) in [7, 11) is 1.46. The maximum absolute atomic E-state index is 11.8. The van der Waals surface area contributed by atoms with Gasteiger partial charge in [-0.05, 0) is 20.8 Å². The van der Waals surface area contributed by atoms with Gasteiger partial charge < -0.3 is 9.47 Å². The molecule has 8 heteroatoms. The molecule has 7 nitrogen and oxygen atoms in total. The van der Waals surface area contributed by atoms with Crippen molar-refractivity contribution in [2.75, 3.05) is 20.3 Å². The Hall–Kier alpha value is -0.540. The van der Waals surface area contributed by atoms with E-state index in [1.54, 1.807) is 20.8 Å². The Labute approximate surface area is 102 Å². The average molecular weight is 269 g/mol. The van der Waals surface area contributed by atoms with Crippen LogP contribution in [0.15, 0.2) is 0 Å². The number of carbonyl (C=O) groups is 1. The van der Waals surface area contributed by atoms with E-state index >= 15 is 0 Å². The molecule has 0 saturated carbocycles. The highest BCUT2D eigenvalue weighted by molar-refractivity contribution is 8.18. The van der Waals surface area contributed by atoms with E-state index in [0.29, 0.717) is 0 Å². The predicted octanol–water partition coefficient (Wildman–Crippen LogP) is 1.85. The monoisotopic (exact) mass is 269 g/mol. The van der Waals surface area contributed by atoms with E-state index in [-0.39, 0.29) is 13.2 Å². The van der Waals surface area contributed by atoms with E-state index in [1.807, 2.05) is 0 Å². The fourth-order valence-corrected chi connectivity index (χ4v) is 2.54. The third-order valence-electron chi connectivity index (χ3n) is 1.94. The zero-order valence-electron chi connectivity index (χ0n) is 10.4. The molecule has 102 valence electrons. The molecular weight excluding hydrogens is 250 g/mol. The summed E-state index contributed by atoms with van der Waals surface area (Å²) in [6.07, 6.45) is -0.822. The molecule has 0 aliphatic carbocycles. The van der Waals surface area contributed by atoms with Gasteiger partial charge in [0.25, 0.3) is 0 Å². The number of hydrogen-bond acceptors (Lipinski definition) is 6. The van der Waals surface area contributed by atoms with Gasteiger partial charge in [-0.15, -0.1) is 0 Å². The quantitative estimate of drug-likeness (QED) is 0.795. The largest absolute Gasteiger partial charge is 0.443 e. The van der Waals surface area contributed by atoms with Crippen molar-refractivity contribution >= 4 is 17.1 Å². The summed E-state index contributed by atoms with van der Waals surface area (Å²) in [5.41, 5.74) is -0.715. The van der Waals surface area contributed by atoms with Crippen molar-refractivity contribution in [1.82, 2.24) is 4.31 Å². The number of amides is 1. The minimum absolute atomic E-state index is 0.00934. The van der Waals surface area contributed by atoms with Gasteiger partial charge in [-0.3, -0.25) is 13.3 Å². The maximum Gasteiger partial charge on any atom is 0.424 e. The molecule has 1 fully saturated rings. The van der Waals surface area contributed by atoms with Crippen LogP contribution in [0.1, 0.15) is 20.8 Å². The Morgan fingerprint density at radius 1 is 1.53 bits per heavy atom. The van der Waals surface area contributed by atoms with E-state index in [2.05, 4.69) is 0 Å².